The van der Waals surface area contributed by atoms with E-state index in [9.17, 15) is 4.79 Å². The van der Waals surface area contributed by atoms with Gasteiger partial charge in [0, 0.05) is 35.7 Å². The molecular formula is C23H32N5OS+. The first-order chi connectivity index (χ1) is 14.5. The first kappa shape index (κ1) is 21.1. The average Bonchev–Trinajstić information content (AvgIpc) is 3.29. The van der Waals surface area contributed by atoms with Gasteiger partial charge >= 0.3 is 0 Å². The summed E-state index contributed by atoms with van der Waals surface area (Å²) >= 11 is 1.65. The Hall–Kier alpha value is -2.12. The number of benzene rings is 1. The van der Waals surface area contributed by atoms with Crippen LogP contribution in [0.1, 0.15) is 40.0 Å². The predicted molar refractivity (Wildman–Crippen MR) is 121 cm³/mol. The van der Waals surface area contributed by atoms with Gasteiger partial charge in [-0.25, -0.2) is 9.97 Å². The molecule has 3 heterocycles. The molecular weight excluding hydrogens is 394 g/mol. The minimum absolute atomic E-state index is 0.146. The molecule has 0 unspecified atom stereocenters. The molecule has 1 aromatic heterocycles. The number of aryl methyl sites for hydroxylation is 1. The van der Waals surface area contributed by atoms with Gasteiger partial charge in [-0.1, -0.05) is 23.9 Å². The van der Waals surface area contributed by atoms with Gasteiger partial charge in [0.15, 0.2) is 5.16 Å². The van der Waals surface area contributed by atoms with E-state index in [1.54, 1.807) is 11.8 Å². The summed E-state index contributed by atoms with van der Waals surface area (Å²) in [5.74, 6) is 1.99. The first-order valence-electron chi connectivity index (χ1n) is 10.9. The Kier molecular flexibility index (Phi) is 6.58. The van der Waals surface area contributed by atoms with Crippen molar-refractivity contribution < 1.29 is 9.69 Å². The van der Waals surface area contributed by atoms with Crippen LogP contribution in [0.4, 0.5) is 5.82 Å². The fourth-order valence-electron chi connectivity index (χ4n) is 4.11. The molecule has 2 aliphatic heterocycles. The molecule has 0 spiro atoms. The van der Waals surface area contributed by atoms with E-state index in [-0.39, 0.29) is 5.91 Å². The lowest BCUT2D eigenvalue weighted by Gasteiger charge is -2.30. The zero-order chi connectivity index (χ0) is 21.1. The smallest absolute Gasteiger partial charge is 0.254 e. The number of thioether (sulfide) groups is 1. The summed E-state index contributed by atoms with van der Waals surface area (Å²) in [5.41, 5.74) is 4.15. The van der Waals surface area contributed by atoms with Crippen LogP contribution in [0, 0.1) is 13.8 Å². The van der Waals surface area contributed by atoms with Gasteiger partial charge in [0.05, 0.1) is 33.2 Å². The lowest BCUT2D eigenvalue weighted by molar-refractivity contribution is -0.883. The highest BCUT2D eigenvalue weighted by atomic mass is 32.2. The van der Waals surface area contributed by atoms with E-state index in [0.29, 0.717) is 0 Å². The first-order valence-corrected chi connectivity index (χ1v) is 11.9. The molecule has 6 nitrogen and oxygen atoms in total. The molecule has 1 amide bonds. The number of amides is 1. The van der Waals surface area contributed by atoms with Crippen LogP contribution in [0.5, 0.6) is 0 Å². The number of nitrogens with zero attached hydrogens (tertiary/aromatic N) is 4. The van der Waals surface area contributed by atoms with Gasteiger partial charge in [-0.15, -0.1) is 0 Å². The fourth-order valence-corrected chi connectivity index (χ4v) is 4.93. The highest BCUT2D eigenvalue weighted by Gasteiger charge is 2.23. The lowest BCUT2D eigenvalue weighted by Crippen LogP contribution is -3.12. The normalized spacial score (nSPS) is 17.6. The van der Waals surface area contributed by atoms with Crippen LogP contribution in [0.15, 0.2) is 29.4 Å². The number of hydrogen-bond acceptors (Lipinski definition) is 5. The molecule has 2 fully saturated rings. The van der Waals surface area contributed by atoms with Gasteiger partial charge in [0.25, 0.3) is 5.91 Å². The molecule has 1 aromatic carbocycles. The molecule has 2 aromatic rings. The summed E-state index contributed by atoms with van der Waals surface area (Å²) in [6, 6.07) is 8.03. The standard InChI is InChI=1S/C23H31N5OS/c1-17-18(2)24-23(25-21(17)27-9-4-5-10-27)30-16-19-7-6-8-20(15-19)22(29)28-13-11-26(3)12-14-28/h6-8,15H,4-5,9-14,16H2,1-3H3/p+1. The summed E-state index contributed by atoms with van der Waals surface area (Å²) in [7, 11) is 2.18. The van der Waals surface area contributed by atoms with Gasteiger partial charge < -0.3 is 14.7 Å². The van der Waals surface area contributed by atoms with Crippen LogP contribution in [0.2, 0.25) is 0 Å². The zero-order valence-corrected chi connectivity index (χ0v) is 19.1. The average molecular weight is 427 g/mol. The second kappa shape index (κ2) is 9.35. The van der Waals surface area contributed by atoms with E-state index in [2.05, 4.69) is 31.9 Å². The number of carbonyl (C=O) groups is 1. The van der Waals surface area contributed by atoms with Crippen molar-refractivity contribution in [1.82, 2.24) is 14.9 Å². The number of nitrogens with one attached hydrogen (secondary N) is 1. The van der Waals surface area contributed by atoms with Crippen molar-refractivity contribution in [3.05, 3.63) is 46.6 Å². The van der Waals surface area contributed by atoms with Crippen molar-refractivity contribution in [2.45, 2.75) is 37.6 Å². The molecule has 2 aliphatic rings. The number of rotatable bonds is 5. The molecule has 0 bridgehead atoms. The molecule has 7 heteroatoms. The predicted octanol–water partition coefficient (Wildman–Crippen LogP) is 1.96. The third-order valence-electron chi connectivity index (χ3n) is 6.19. The number of anilines is 1. The molecule has 4 rings (SSSR count). The third-order valence-corrected chi connectivity index (χ3v) is 7.11. The maximum atomic E-state index is 12.9. The Morgan fingerprint density at radius 2 is 1.83 bits per heavy atom. The number of carbonyl (C=O) groups excluding carboxylic acids is 1. The summed E-state index contributed by atoms with van der Waals surface area (Å²) < 4.78 is 0. The number of piperazine rings is 1. The number of likely N-dealkylation sites (N-methyl/N-ethyl adjacent to an activating group) is 1. The van der Waals surface area contributed by atoms with Crippen LogP contribution in [0.3, 0.4) is 0 Å². The van der Waals surface area contributed by atoms with E-state index >= 15 is 0 Å². The van der Waals surface area contributed by atoms with E-state index in [1.807, 2.05) is 23.1 Å². The van der Waals surface area contributed by atoms with Crippen LogP contribution in [-0.4, -0.2) is 67.1 Å². The van der Waals surface area contributed by atoms with Gasteiger partial charge in [0.2, 0.25) is 0 Å². The summed E-state index contributed by atoms with van der Waals surface area (Å²) in [4.78, 5) is 28.3. The van der Waals surface area contributed by atoms with Crippen molar-refractivity contribution in [3.63, 3.8) is 0 Å². The largest absolute Gasteiger partial charge is 0.356 e. The van der Waals surface area contributed by atoms with Crippen molar-refractivity contribution >= 4 is 23.5 Å². The van der Waals surface area contributed by atoms with Gasteiger partial charge in [-0.3, -0.25) is 4.79 Å². The highest BCUT2D eigenvalue weighted by molar-refractivity contribution is 7.98. The van der Waals surface area contributed by atoms with Crippen LogP contribution in [-0.2, 0) is 5.75 Å². The number of hydrogen-bond donors (Lipinski definition) is 1. The molecule has 2 saturated heterocycles. The zero-order valence-electron chi connectivity index (χ0n) is 18.3. The van der Waals surface area contributed by atoms with Gasteiger partial charge in [-0.2, -0.15) is 0 Å². The SMILES string of the molecule is Cc1nc(SCc2cccc(C(=O)N3CC[NH+](C)CC3)c2)nc(N2CCCC2)c1C. The second-order valence-corrected chi connectivity index (χ2v) is 9.42. The van der Waals surface area contributed by atoms with Crippen molar-refractivity contribution in [2.24, 2.45) is 0 Å². The van der Waals surface area contributed by atoms with Crippen molar-refractivity contribution in [1.29, 1.82) is 0 Å². The maximum absolute atomic E-state index is 12.9. The van der Waals surface area contributed by atoms with Crippen molar-refractivity contribution in [3.8, 4) is 0 Å². The number of aromatic nitrogens is 2. The number of quaternary nitrogens is 1. The van der Waals surface area contributed by atoms with Gasteiger partial charge in [0.1, 0.15) is 5.82 Å². The van der Waals surface area contributed by atoms with Crippen LogP contribution < -0.4 is 9.80 Å². The minimum Gasteiger partial charge on any atom is -0.356 e. The molecule has 1 N–H and O–H groups in total. The van der Waals surface area contributed by atoms with Crippen LogP contribution in [0.25, 0.3) is 0 Å². The fraction of sp³-hybridized carbons (Fsp3) is 0.522. The Labute approximate surface area is 183 Å². The topological polar surface area (TPSA) is 53.8 Å². The van der Waals surface area contributed by atoms with Crippen molar-refractivity contribution in [2.75, 3.05) is 51.2 Å². The molecule has 0 radical (unpaired) electrons. The minimum atomic E-state index is 0.146. The Balaban J connectivity index is 1.44. The molecule has 0 atom stereocenters. The third kappa shape index (κ3) is 4.78. The summed E-state index contributed by atoms with van der Waals surface area (Å²) in [5, 5.41) is 0.818. The maximum Gasteiger partial charge on any atom is 0.254 e. The summed E-state index contributed by atoms with van der Waals surface area (Å²) in [6.07, 6.45) is 2.47. The molecule has 0 aliphatic carbocycles. The van der Waals surface area contributed by atoms with E-state index in [4.69, 9.17) is 9.97 Å². The van der Waals surface area contributed by atoms with E-state index < -0.39 is 0 Å². The monoisotopic (exact) mass is 426 g/mol. The summed E-state index contributed by atoms with van der Waals surface area (Å²) in [6.45, 7) is 10.1. The Morgan fingerprint density at radius 3 is 2.57 bits per heavy atom. The molecule has 30 heavy (non-hydrogen) atoms. The lowest BCUT2D eigenvalue weighted by atomic mass is 10.1. The van der Waals surface area contributed by atoms with E-state index in [1.165, 1.54) is 23.3 Å². The highest BCUT2D eigenvalue weighted by Crippen LogP contribution is 2.28. The van der Waals surface area contributed by atoms with E-state index in [0.717, 1.165) is 72.8 Å². The molecule has 160 valence electrons. The Morgan fingerprint density at radius 1 is 1.10 bits per heavy atom. The quantitative estimate of drug-likeness (QED) is 0.585. The van der Waals surface area contributed by atoms with Gasteiger partial charge in [-0.05, 0) is 44.4 Å². The second-order valence-electron chi connectivity index (χ2n) is 8.47. The Bertz CT molecular complexity index is 904. The van der Waals surface area contributed by atoms with Crippen LogP contribution >= 0.6 is 11.8 Å². The molecule has 0 saturated carbocycles.